The molecule has 1 aliphatic heterocycles. The maximum Gasteiger partial charge on any atom is 0.225 e. The summed E-state index contributed by atoms with van der Waals surface area (Å²) in [5, 5.41) is 2.96. The van der Waals surface area contributed by atoms with Crippen LogP contribution in [0.3, 0.4) is 0 Å². The first-order chi connectivity index (χ1) is 10.6. The van der Waals surface area contributed by atoms with Crippen LogP contribution in [-0.4, -0.2) is 29.0 Å². The Labute approximate surface area is 130 Å². The summed E-state index contributed by atoms with van der Waals surface area (Å²) in [6.07, 6.45) is 2.82. The number of amides is 1. The zero-order chi connectivity index (χ0) is 15.5. The molecule has 0 saturated carbocycles. The molecule has 1 amide bonds. The summed E-state index contributed by atoms with van der Waals surface area (Å²) in [5.74, 6) is 1.71. The van der Waals surface area contributed by atoms with Crippen LogP contribution in [-0.2, 0) is 4.79 Å². The number of aromatic nitrogens is 2. The third-order valence-electron chi connectivity index (χ3n) is 3.81. The zero-order valence-electron chi connectivity index (χ0n) is 13.2. The molecule has 0 unspecified atom stereocenters. The summed E-state index contributed by atoms with van der Waals surface area (Å²) in [4.78, 5) is 23.7. The van der Waals surface area contributed by atoms with Gasteiger partial charge in [-0.1, -0.05) is 26.0 Å². The molecule has 1 N–H and O–H groups in total. The zero-order valence-corrected chi connectivity index (χ0v) is 13.2. The van der Waals surface area contributed by atoms with Gasteiger partial charge in [0.15, 0.2) is 11.6 Å². The molecule has 2 heterocycles. The fraction of sp³-hybridized carbons (Fsp3) is 0.471. The number of fused-ring (bicyclic) bond motifs is 1. The number of carbonyl (C=O) groups excluding carboxylic acids is 1. The van der Waals surface area contributed by atoms with Gasteiger partial charge in [-0.25, -0.2) is 9.97 Å². The SMILES string of the molecule is CC(C)CC(=O)Nc1nc2ccccc2nc1N1CCCC1. The summed E-state index contributed by atoms with van der Waals surface area (Å²) in [7, 11) is 0. The Hall–Kier alpha value is -2.17. The van der Waals surface area contributed by atoms with Crippen LogP contribution < -0.4 is 10.2 Å². The minimum Gasteiger partial charge on any atom is -0.354 e. The molecule has 1 aromatic carbocycles. The maximum absolute atomic E-state index is 12.1. The van der Waals surface area contributed by atoms with Gasteiger partial charge >= 0.3 is 0 Å². The third-order valence-corrected chi connectivity index (χ3v) is 3.81. The van der Waals surface area contributed by atoms with Crippen LogP contribution in [0, 0.1) is 5.92 Å². The molecule has 5 nitrogen and oxygen atoms in total. The van der Waals surface area contributed by atoms with Gasteiger partial charge in [0, 0.05) is 19.5 Å². The fourth-order valence-electron chi connectivity index (χ4n) is 2.78. The topological polar surface area (TPSA) is 58.1 Å². The molecule has 2 aromatic rings. The summed E-state index contributed by atoms with van der Waals surface area (Å²) in [6.45, 7) is 6.01. The number of nitrogens with one attached hydrogen (secondary N) is 1. The van der Waals surface area contributed by atoms with Crippen molar-refractivity contribution in [1.29, 1.82) is 0 Å². The van der Waals surface area contributed by atoms with Crippen molar-refractivity contribution in [2.75, 3.05) is 23.3 Å². The van der Waals surface area contributed by atoms with Crippen molar-refractivity contribution in [2.45, 2.75) is 33.1 Å². The van der Waals surface area contributed by atoms with Gasteiger partial charge in [-0.2, -0.15) is 0 Å². The summed E-state index contributed by atoms with van der Waals surface area (Å²) in [6, 6.07) is 7.78. The van der Waals surface area contributed by atoms with Gasteiger partial charge in [-0.15, -0.1) is 0 Å². The van der Waals surface area contributed by atoms with Gasteiger partial charge in [-0.05, 0) is 30.9 Å². The van der Waals surface area contributed by atoms with E-state index in [1.54, 1.807) is 0 Å². The largest absolute Gasteiger partial charge is 0.354 e. The molecular weight excluding hydrogens is 276 g/mol. The molecule has 116 valence electrons. The minimum atomic E-state index is 0.0000260. The predicted molar refractivity (Wildman–Crippen MR) is 89.1 cm³/mol. The lowest BCUT2D eigenvalue weighted by Crippen LogP contribution is -2.23. The molecular formula is C17H22N4O. The van der Waals surface area contributed by atoms with E-state index in [1.807, 2.05) is 38.1 Å². The van der Waals surface area contributed by atoms with Crippen molar-refractivity contribution in [2.24, 2.45) is 5.92 Å². The second kappa shape index (κ2) is 6.30. The lowest BCUT2D eigenvalue weighted by Gasteiger charge is -2.20. The van der Waals surface area contributed by atoms with Crippen LogP contribution >= 0.6 is 0 Å². The first-order valence-electron chi connectivity index (χ1n) is 7.95. The van der Waals surface area contributed by atoms with Crippen LogP contribution in [0.25, 0.3) is 11.0 Å². The standard InChI is InChI=1S/C17H22N4O/c1-12(2)11-15(22)20-16-17(21-9-5-6-10-21)19-14-8-4-3-7-13(14)18-16/h3-4,7-8,12H,5-6,9-11H2,1-2H3,(H,18,20,22). The van der Waals surface area contributed by atoms with Crippen LogP contribution in [0.15, 0.2) is 24.3 Å². The molecule has 22 heavy (non-hydrogen) atoms. The van der Waals surface area contributed by atoms with Gasteiger partial charge in [0.2, 0.25) is 5.91 Å². The van der Waals surface area contributed by atoms with E-state index in [0.29, 0.717) is 18.2 Å². The van der Waals surface area contributed by atoms with Crippen molar-refractivity contribution in [3.05, 3.63) is 24.3 Å². The predicted octanol–water partition coefficient (Wildman–Crippen LogP) is 3.21. The van der Waals surface area contributed by atoms with Crippen molar-refractivity contribution in [3.63, 3.8) is 0 Å². The van der Waals surface area contributed by atoms with Crippen LogP contribution in [0.5, 0.6) is 0 Å². The van der Waals surface area contributed by atoms with Crippen molar-refractivity contribution in [1.82, 2.24) is 9.97 Å². The molecule has 1 aliphatic rings. The van der Waals surface area contributed by atoms with Crippen LogP contribution in [0.2, 0.25) is 0 Å². The normalized spacial score (nSPS) is 14.8. The summed E-state index contributed by atoms with van der Waals surface area (Å²) < 4.78 is 0. The lowest BCUT2D eigenvalue weighted by molar-refractivity contribution is -0.116. The van der Waals surface area contributed by atoms with E-state index < -0.39 is 0 Å². The van der Waals surface area contributed by atoms with Gasteiger partial charge < -0.3 is 10.2 Å². The molecule has 0 aliphatic carbocycles. The third kappa shape index (κ3) is 3.18. The molecule has 0 atom stereocenters. The monoisotopic (exact) mass is 298 g/mol. The first-order valence-corrected chi connectivity index (χ1v) is 7.95. The van der Waals surface area contributed by atoms with Crippen molar-refractivity contribution < 1.29 is 4.79 Å². The van der Waals surface area contributed by atoms with E-state index in [1.165, 1.54) is 0 Å². The number of hydrogen-bond acceptors (Lipinski definition) is 4. The second-order valence-electron chi connectivity index (χ2n) is 6.22. The second-order valence-corrected chi connectivity index (χ2v) is 6.22. The lowest BCUT2D eigenvalue weighted by atomic mass is 10.1. The highest BCUT2D eigenvalue weighted by Gasteiger charge is 2.20. The van der Waals surface area contributed by atoms with Gasteiger partial charge in [0.25, 0.3) is 0 Å². The van der Waals surface area contributed by atoms with Crippen LogP contribution in [0.1, 0.15) is 33.1 Å². The Morgan fingerprint density at radius 3 is 2.45 bits per heavy atom. The minimum absolute atomic E-state index is 0.0000260. The van der Waals surface area contributed by atoms with Gasteiger partial charge in [0.1, 0.15) is 0 Å². The van der Waals surface area contributed by atoms with E-state index in [9.17, 15) is 4.79 Å². The Morgan fingerprint density at radius 2 is 1.82 bits per heavy atom. The highest BCUT2D eigenvalue weighted by Crippen LogP contribution is 2.28. The number of benzene rings is 1. The number of rotatable bonds is 4. The Kier molecular flexibility index (Phi) is 4.22. The molecule has 1 saturated heterocycles. The number of para-hydroxylation sites is 2. The quantitative estimate of drug-likeness (QED) is 0.941. The molecule has 1 fully saturated rings. The molecule has 0 spiro atoms. The van der Waals surface area contributed by atoms with Gasteiger partial charge in [-0.3, -0.25) is 4.79 Å². The van der Waals surface area contributed by atoms with E-state index in [0.717, 1.165) is 42.8 Å². The summed E-state index contributed by atoms with van der Waals surface area (Å²) >= 11 is 0. The average molecular weight is 298 g/mol. The average Bonchev–Trinajstić information content (AvgIpc) is 2.99. The number of nitrogens with zero attached hydrogens (tertiary/aromatic N) is 3. The first kappa shape index (κ1) is 14.8. The Morgan fingerprint density at radius 1 is 1.18 bits per heavy atom. The van der Waals surface area contributed by atoms with E-state index >= 15 is 0 Å². The highest BCUT2D eigenvalue weighted by molar-refractivity contribution is 5.94. The number of hydrogen-bond donors (Lipinski definition) is 1. The van der Waals surface area contributed by atoms with Crippen molar-refractivity contribution in [3.8, 4) is 0 Å². The molecule has 1 aromatic heterocycles. The Bertz CT molecular complexity index is 677. The smallest absolute Gasteiger partial charge is 0.225 e. The number of carbonyl (C=O) groups is 1. The van der Waals surface area contributed by atoms with Crippen LogP contribution in [0.4, 0.5) is 11.6 Å². The molecule has 0 radical (unpaired) electrons. The molecule has 0 bridgehead atoms. The van der Waals surface area contributed by atoms with Gasteiger partial charge in [0.05, 0.1) is 11.0 Å². The van der Waals surface area contributed by atoms with E-state index in [-0.39, 0.29) is 5.91 Å². The van der Waals surface area contributed by atoms with E-state index in [4.69, 9.17) is 4.98 Å². The van der Waals surface area contributed by atoms with E-state index in [2.05, 4.69) is 15.2 Å². The highest BCUT2D eigenvalue weighted by atomic mass is 16.1. The maximum atomic E-state index is 12.1. The number of anilines is 2. The molecule has 5 heteroatoms. The molecule has 3 rings (SSSR count). The van der Waals surface area contributed by atoms with Crippen molar-refractivity contribution >= 4 is 28.6 Å². The Balaban J connectivity index is 1.97. The summed E-state index contributed by atoms with van der Waals surface area (Å²) in [5.41, 5.74) is 1.68. The fourth-order valence-corrected chi connectivity index (χ4v) is 2.78.